The second-order valence-corrected chi connectivity index (χ2v) is 5.48. The van der Waals surface area contributed by atoms with Gasteiger partial charge in [0.05, 0.1) is 5.52 Å². The van der Waals surface area contributed by atoms with Crippen molar-refractivity contribution in [3.63, 3.8) is 0 Å². The molecule has 2 aromatic heterocycles. The van der Waals surface area contributed by atoms with Crippen LogP contribution in [0.2, 0.25) is 0 Å². The molecule has 0 radical (unpaired) electrons. The number of nitrogens with zero attached hydrogens (tertiary/aromatic N) is 1. The van der Waals surface area contributed by atoms with Gasteiger partial charge in [0.2, 0.25) is 0 Å². The van der Waals surface area contributed by atoms with Crippen LogP contribution in [-0.2, 0) is 13.0 Å². The molecule has 3 aromatic rings. The highest BCUT2D eigenvalue weighted by Crippen LogP contribution is 2.34. The molecule has 0 unspecified atom stereocenters. The number of H-pyrrole nitrogens is 1. The molecule has 2 heteroatoms. The van der Waals surface area contributed by atoms with Crippen LogP contribution < -0.4 is 0 Å². The Morgan fingerprint density at radius 2 is 1.79 bits per heavy atom. The Kier molecular flexibility index (Phi) is 2.70. The molecule has 0 aliphatic heterocycles. The highest BCUT2D eigenvalue weighted by molar-refractivity contribution is 6.02. The number of aromatic amines is 1. The third-order valence-corrected chi connectivity index (χ3v) is 4.37. The average Bonchev–Trinajstić information content (AvgIpc) is 2.87. The van der Waals surface area contributed by atoms with Crippen molar-refractivity contribution < 1.29 is 0 Å². The summed E-state index contributed by atoms with van der Waals surface area (Å²) in [7, 11) is 0. The van der Waals surface area contributed by atoms with E-state index in [1.54, 1.807) is 0 Å². The minimum atomic E-state index is 1.04. The van der Waals surface area contributed by atoms with Gasteiger partial charge in [-0.3, -0.25) is 0 Å². The molecule has 0 atom stereocenters. The van der Waals surface area contributed by atoms with E-state index in [2.05, 4.69) is 56.3 Å². The SMILES string of the molecule is CCc1c(C)c2c(C)c3cc(C)[nH]c3cc2n1CC. The van der Waals surface area contributed by atoms with Crippen LogP contribution in [0.15, 0.2) is 12.1 Å². The number of aromatic nitrogens is 2. The number of fused-ring (bicyclic) bond motifs is 2. The number of hydrogen-bond acceptors (Lipinski definition) is 0. The molecule has 0 bridgehead atoms. The van der Waals surface area contributed by atoms with Gasteiger partial charge < -0.3 is 9.55 Å². The third kappa shape index (κ3) is 1.55. The molecular weight excluding hydrogens is 232 g/mol. The number of nitrogens with one attached hydrogen (secondary N) is 1. The normalized spacial score (nSPS) is 11.8. The fourth-order valence-corrected chi connectivity index (χ4v) is 3.57. The molecule has 0 aliphatic carbocycles. The van der Waals surface area contributed by atoms with E-state index in [-0.39, 0.29) is 0 Å². The van der Waals surface area contributed by atoms with E-state index < -0.39 is 0 Å². The van der Waals surface area contributed by atoms with Gasteiger partial charge in [-0.25, -0.2) is 0 Å². The summed E-state index contributed by atoms with van der Waals surface area (Å²) in [6.45, 7) is 12.2. The predicted octanol–water partition coefficient (Wildman–Crippen LogP) is 4.63. The van der Waals surface area contributed by atoms with Crippen molar-refractivity contribution in [1.82, 2.24) is 9.55 Å². The van der Waals surface area contributed by atoms with E-state index in [4.69, 9.17) is 0 Å². The molecule has 100 valence electrons. The van der Waals surface area contributed by atoms with Crippen LogP contribution in [0.3, 0.4) is 0 Å². The molecule has 2 heterocycles. The van der Waals surface area contributed by atoms with Crippen LogP contribution in [0.4, 0.5) is 0 Å². The van der Waals surface area contributed by atoms with Gasteiger partial charge in [-0.05, 0) is 57.4 Å². The van der Waals surface area contributed by atoms with Crippen LogP contribution in [0.1, 0.15) is 36.4 Å². The van der Waals surface area contributed by atoms with Crippen molar-refractivity contribution in [1.29, 1.82) is 0 Å². The molecule has 0 saturated heterocycles. The molecule has 0 amide bonds. The summed E-state index contributed by atoms with van der Waals surface area (Å²) in [6, 6.07) is 4.58. The molecule has 1 N–H and O–H groups in total. The van der Waals surface area contributed by atoms with E-state index in [0.717, 1.165) is 13.0 Å². The van der Waals surface area contributed by atoms with Gasteiger partial charge in [-0.15, -0.1) is 0 Å². The zero-order chi connectivity index (χ0) is 13.7. The van der Waals surface area contributed by atoms with E-state index >= 15 is 0 Å². The Balaban J connectivity index is 2.54. The quantitative estimate of drug-likeness (QED) is 0.688. The number of benzene rings is 1. The van der Waals surface area contributed by atoms with E-state index in [9.17, 15) is 0 Å². The van der Waals surface area contributed by atoms with Crippen molar-refractivity contribution in [3.05, 3.63) is 34.6 Å². The molecule has 19 heavy (non-hydrogen) atoms. The number of aryl methyl sites for hydroxylation is 4. The summed E-state index contributed by atoms with van der Waals surface area (Å²) >= 11 is 0. The minimum Gasteiger partial charge on any atom is -0.359 e. The van der Waals surface area contributed by atoms with E-state index in [1.165, 1.54) is 44.3 Å². The Labute approximate surface area is 114 Å². The maximum Gasteiger partial charge on any atom is 0.0509 e. The number of rotatable bonds is 2. The van der Waals surface area contributed by atoms with Crippen LogP contribution >= 0.6 is 0 Å². The standard InChI is InChI=1S/C17H22N2/c1-6-15-12(5)17-11(4)13-8-10(3)18-14(13)9-16(17)19(15)7-2/h8-9,18H,6-7H2,1-5H3. The maximum atomic E-state index is 3.48. The minimum absolute atomic E-state index is 1.04. The van der Waals surface area contributed by atoms with Gasteiger partial charge in [-0.1, -0.05) is 6.92 Å². The lowest BCUT2D eigenvalue weighted by molar-refractivity contribution is 0.742. The Hall–Kier alpha value is -1.70. The summed E-state index contributed by atoms with van der Waals surface area (Å²) in [6.07, 6.45) is 1.10. The van der Waals surface area contributed by atoms with E-state index in [1.807, 2.05) is 0 Å². The fraction of sp³-hybridized carbons (Fsp3) is 0.412. The molecule has 0 fully saturated rings. The third-order valence-electron chi connectivity index (χ3n) is 4.37. The smallest absolute Gasteiger partial charge is 0.0509 e. The molecule has 0 spiro atoms. The maximum absolute atomic E-state index is 3.48. The summed E-state index contributed by atoms with van der Waals surface area (Å²) in [5, 5.41) is 2.81. The first kappa shape index (κ1) is 12.3. The van der Waals surface area contributed by atoms with Crippen molar-refractivity contribution >= 4 is 21.8 Å². The summed E-state index contributed by atoms with van der Waals surface area (Å²) in [4.78, 5) is 3.48. The Bertz CT molecular complexity index is 772. The van der Waals surface area contributed by atoms with Gasteiger partial charge >= 0.3 is 0 Å². The highest BCUT2D eigenvalue weighted by Gasteiger charge is 2.16. The van der Waals surface area contributed by atoms with Crippen molar-refractivity contribution in [2.75, 3.05) is 0 Å². The van der Waals surface area contributed by atoms with Crippen molar-refractivity contribution in [3.8, 4) is 0 Å². The predicted molar refractivity (Wildman–Crippen MR) is 83.1 cm³/mol. The second-order valence-electron chi connectivity index (χ2n) is 5.48. The van der Waals surface area contributed by atoms with Crippen LogP contribution in [0, 0.1) is 20.8 Å². The van der Waals surface area contributed by atoms with Crippen molar-refractivity contribution in [2.45, 2.75) is 47.6 Å². The van der Waals surface area contributed by atoms with Gasteiger partial charge in [0, 0.05) is 34.2 Å². The molecular formula is C17H22N2. The first-order valence-electron chi connectivity index (χ1n) is 7.19. The average molecular weight is 254 g/mol. The van der Waals surface area contributed by atoms with Gasteiger partial charge in [0.1, 0.15) is 0 Å². The highest BCUT2D eigenvalue weighted by atomic mass is 15.0. The van der Waals surface area contributed by atoms with Gasteiger partial charge in [0.15, 0.2) is 0 Å². The van der Waals surface area contributed by atoms with Crippen LogP contribution in [0.25, 0.3) is 21.8 Å². The van der Waals surface area contributed by atoms with Crippen LogP contribution in [0.5, 0.6) is 0 Å². The first-order chi connectivity index (χ1) is 9.08. The summed E-state index contributed by atoms with van der Waals surface area (Å²) in [5.41, 5.74) is 8.22. The first-order valence-corrected chi connectivity index (χ1v) is 7.19. The Morgan fingerprint density at radius 1 is 1.05 bits per heavy atom. The molecule has 3 rings (SSSR count). The topological polar surface area (TPSA) is 20.7 Å². The summed E-state index contributed by atoms with van der Waals surface area (Å²) < 4.78 is 2.47. The fourth-order valence-electron chi connectivity index (χ4n) is 3.57. The lowest BCUT2D eigenvalue weighted by atomic mass is 10.0. The van der Waals surface area contributed by atoms with Gasteiger partial charge in [-0.2, -0.15) is 0 Å². The zero-order valence-electron chi connectivity index (χ0n) is 12.5. The number of hydrogen-bond donors (Lipinski definition) is 1. The lowest BCUT2D eigenvalue weighted by Gasteiger charge is -2.06. The van der Waals surface area contributed by atoms with E-state index in [0.29, 0.717) is 0 Å². The Morgan fingerprint density at radius 3 is 2.42 bits per heavy atom. The monoisotopic (exact) mass is 254 g/mol. The second kappa shape index (κ2) is 4.16. The molecule has 0 aliphatic rings. The van der Waals surface area contributed by atoms with Gasteiger partial charge in [0.25, 0.3) is 0 Å². The largest absolute Gasteiger partial charge is 0.359 e. The van der Waals surface area contributed by atoms with Crippen molar-refractivity contribution in [2.24, 2.45) is 0 Å². The molecule has 2 nitrogen and oxygen atoms in total. The molecule has 1 aromatic carbocycles. The summed E-state index contributed by atoms with van der Waals surface area (Å²) in [5.74, 6) is 0. The molecule has 0 saturated carbocycles. The van der Waals surface area contributed by atoms with Crippen LogP contribution in [-0.4, -0.2) is 9.55 Å². The zero-order valence-corrected chi connectivity index (χ0v) is 12.5. The lowest BCUT2D eigenvalue weighted by Crippen LogP contribution is -1.99.